The highest BCUT2D eigenvalue weighted by Crippen LogP contribution is 2.07. The Morgan fingerprint density at radius 3 is 2.82 bits per heavy atom. The predicted molar refractivity (Wildman–Crippen MR) is 69.0 cm³/mol. The summed E-state index contributed by atoms with van der Waals surface area (Å²) in [4.78, 5) is 6.42. The molecular formula is C12H24N4O. The van der Waals surface area contributed by atoms with Gasteiger partial charge in [0.15, 0.2) is 0 Å². The summed E-state index contributed by atoms with van der Waals surface area (Å²) in [7, 11) is 6.10. The van der Waals surface area contributed by atoms with Crippen LogP contribution in [0.25, 0.3) is 0 Å². The van der Waals surface area contributed by atoms with Crippen LogP contribution < -0.4 is 5.32 Å². The second-order valence-electron chi connectivity index (χ2n) is 4.49. The quantitative estimate of drug-likeness (QED) is 0.678. The van der Waals surface area contributed by atoms with Gasteiger partial charge in [-0.25, -0.2) is 4.98 Å². The number of nitrogens with one attached hydrogen (secondary N) is 1. The van der Waals surface area contributed by atoms with Gasteiger partial charge >= 0.3 is 0 Å². The van der Waals surface area contributed by atoms with Crippen LogP contribution in [0.1, 0.15) is 18.8 Å². The molecule has 1 rings (SSSR count). The number of ether oxygens (including phenoxy) is 1. The molecular weight excluding hydrogens is 216 g/mol. The highest BCUT2D eigenvalue weighted by Gasteiger charge is 2.08. The number of hydrogen-bond donors (Lipinski definition) is 1. The zero-order valence-corrected chi connectivity index (χ0v) is 11.3. The molecule has 0 radical (unpaired) electrons. The van der Waals surface area contributed by atoms with E-state index in [9.17, 15) is 0 Å². The molecule has 1 heterocycles. The maximum atomic E-state index is 5.51. The summed E-state index contributed by atoms with van der Waals surface area (Å²) >= 11 is 0. The number of hydrogen-bond acceptors (Lipinski definition) is 4. The Balaban J connectivity index is 2.09. The van der Waals surface area contributed by atoms with Crippen molar-refractivity contribution in [1.82, 2.24) is 19.8 Å². The van der Waals surface area contributed by atoms with E-state index < -0.39 is 0 Å². The van der Waals surface area contributed by atoms with Crippen LogP contribution in [0, 0.1) is 0 Å². The Labute approximate surface area is 104 Å². The molecule has 5 nitrogen and oxygen atoms in total. The fourth-order valence-corrected chi connectivity index (χ4v) is 1.58. The van der Waals surface area contributed by atoms with Gasteiger partial charge in [-0.3, -0.25) is 0 Å². The highest BCUT2D eigenvalue weighted by atomic mass is 16.5. The number of rotatable bonds is 8. The number of likely N-dealkylation sites (N-methyl/N-ethyl adjacent to an activating group) is 1. The van der Waals surface area contributed by atoms with Gasteiger partial charge in [0.1, 0.15) is 5.82 Å². The third-order valence-electron chi connectivity index (χ3n) is 2.63. The average Bonchev–Trinajstić information content (AvgIpc) is 2.69. The van der Waals surface area contributed by atoms with Crippen LogP contribution >= 0.6 is 0 Å². The molecule has 0 aromatic carbocycles. The van der Waals surface area contributed by atoms with Crippen LogP contribution in [-0.2, 0) is 11.8 Å². The van der Waals surface area contributed by atoms with E-state index in [4.69, 9.17) is 4.74 Å². The molecule has 5 heteroatoms. The molecule has 1 N–H and O–H groups in total. The molecule has 0 spiro atoms. The van der Waals surface area contributed by atoms with Crippen LogP contribution in [0.3, 0.4) is 0 Å². The Bertz CT molecular complexity index is 311. The van der Waals surface area contributed by atoms with E-state index in [1.165, 1.54) is 0 Å². The summed E-state index contributed by atoms with van der Waals surface area (Å²) in [6, 6.07) is 0.257. The molecule has 17 heavy (non-hydrogen) atoms. The first-order chi connectivity index (χ1) is 8.11. The number of aromatic nitrogens is 2. The van der Waals surface area contributed by atoms with E-state index in [-0.39, 0.29) is 6.04 Å². The lowest BCUT2D eigenvalue weighted by Crippen LogP contribution is -2.26. The zero-order valence-electron chi connectivity index (χ0n) is 11.3. The van der Waals surface area contributed by atoms with Crippen molar-refractivity contribution < 1.29 is 4.74 Å². The van der Waals surface area contributed by atoms with Gasteiger partial charge < -0.3 is 19.5 Å². The van der Waals surface area contributed by atoms with Crippen molar-refractivity contribution in [2.45, 2.75) is 13.0 Å². The lowest BCUT2D eigenvalue weighted by Gasteiger charge is -2.14. The molecule has 98 valence electrons. The van der Waals surface area contributed by atoms with Gasteiger partial charge in [0.2, 0.25) is 0 Å². The van der Waals surface area contributed by atoms with E-state index in [0.717, 1.165) is 32.1 Å². The minimum absolute atomic E-state index is 0.257. The topological polar surface area (TPSA) is 42.3 Å². The number of nitrogens with zero attached hydrogens (tertiary/aromatic N) is 3. The molecule has 0 fully saturated rings. The minimum Gasteiger partial charge on any atom is -0.379 e. The van der Waals surface area contributed by atoms with Crippen LogP contribution in [0.2, 0.25) is 0 Å². The first kappa shape index (κ1) is 14.2. The van der Waals surface area contributed by atoms with Gasteiger partial charge in [-0.1, -0.05) is 0 Å². The molecule has 1 aromatic rings. The third-order valence-corrected chi connectivity index (χ3v) is 2.63. The fourth-order valence-electron chi connectivity index (χ4n) is 1.58. The molecule has 1 unspecified atom stereocenters. The predicted octanol–water partition coefficient (Wildman–Crippen LogP) is 0.649. The second-order valence-corrected chi connectivity index (χ2v) is 4.49. The van der Waals surface area contributed by atoms with Crippen LogP contribution in [0.15, 0.2) is 12.4 Å². The SMILES string of the molecule is CC(NCCOCCN(C)C)c1nccn1C. The maximum Gasteiger partial charge on any atom is 0.125 e. The first-order valence-electron chi connectivity index (χ1n) is 6.04. The van der Waals surface area contributed by atoms with Gasteiger partial charge in [-0.2, -0.15) is 0 Å². The maximum absolute atomic E-state index is 5.51. The summed E-state index contributed by atoms with van der Waals surface area (Å²) in [6.45, 7) is 5.45. The fraction of sp³-hybridized carbons (Fsp3) is 0.750. The van der Waals surface area contributed by atoms with Gasteiger partial charge in [0, 0.05) is 32.5 Å². The number of aryl methyl sites for hydroxylation is 1. The second kappa shape index (κ2) is 7.42. The summed E-state index contributed by atoms with van der Waals surface area (Å²) in [6.07, 6.45) is 3.78. The van der Waals surface area contributed by atoms with E-state index in [1.54, 1.807) is 0 Å². The Morgan fingerprint density at radius 2 is 2.24 bits per heavy atom. The Hall–Kier alpha value is -0.910. The highest BCUT2D eigenvalue weighted by molar-refractivity contribution is 4.96. The standard InChI is InChI=1S/C12H24N4O/c1-11(12-14-5-7-16(12)4)13-6-9-17-10-8-15(2)3/h5,7,11,13H,6,8-10H2,1-4H3. The van der Waals surface area contributed by atoms with Crippen LogP contribution in [0.5, 0.6) is 0 Å². The van der Waals surface area contributed by atoms with Crippen molar-refractivity contribution in [3.05, 3.63) is 18.2 Å². The molecule has 0 amide bonds. The van der Waals surface area contributed by atoms with Crippen molar-refractivity contribution >= 4 is 0 Å². The van der Waals surface area contributed by atoms with Gasteiger partial charge in [0.25, 0.3) is 0 Å². The van der Waals surface area contributed by atoms with Gasteiger partial charge in [0.05, 0.1) is 19.3 Å². The summed E-state index contributed by atoms with van der Waals surface area (Å²) < 4.78 is 7.54. The molecule has 0 saturated heterocycles. The van der Waals surface area contributed by atoms with E-state index in [1.807, 2.05) is 38.1 Å². The smallest absolute Gasteiger partial charge is 0.125 e. The van der Waals surface area contributed by atoms with Crippen molar-refractivity contribution in [3.63, 3.8) is 0 Å². The van der Waals surface area contributed by atoms with Crippen molar-refractivity contribution in [2.24, 2.45) is 7.05 Å². The van der Waals surface area contributed by atoms with Crippen molar-refractivity contribution in [1.29, 1.82) is 0 Å². The largest absolute Gasteiger partial charge is 0.379 e. The van der Waals surface area contributed by atoms with E-state index in [0.29, 0.717) is 0 Å². The summed E-state index contributed by atoms with van der Waals surface area (Å²) in [5.41, 5.74) is 0. The normalized spacial score (nSPS) is 13.2. The minimum atomic E-state index is 0.257. The Morgan fingerprint density at radius 1 is 1.47 bits per heavy atom. The molecule has 0 saturated carbocycles. The molecule has 0 aliphatic carbocycles. The van der Waals surface area contributed by atoms with Gasteiger partial charge in [-0.05, 0) is 21.0 Å². The summed E-state index contributed by atoms with van der Waals surface area (Å²) in [5, 5.41) is 3.39. The lowest BCUT2D eigenvalue weighted by molar-refractivity contribution is 0.117. The van der Waals surface area contributed by atoms with Crippen LogP contribution in [0.4, 0.5) is 0 Å². The molecule has 1 atom stereocenters. The lowest BCUT2D eigenvalue weighted by atomic mass is 10.3. The Kier molecular flexibility index (Phi) is 6.18. The monoisotopic (exact) mass is 240 g/mol. The van der Waals surface area contributed by atoms with Gasteiger partial charge in [-0.15, -0.1) is 0 Å². The third kappa shape index (κ3) is 5.30. The molecule has 0 bridgehead atoms. The first-order valence-corrected chi connectivity index (χ1v) is 6.04. The zero-order chi connectivity index (χ0) is 12.7. The van der Waals surface area contributed by atoms with E-state index >= 15 is 0 Å². The van der Waals surface area contributed by atoms with Crippen molar-refractivity contribution in [2.75, 3.05) is 40.4 Å². The van der Waals surface area contributed by atoms with Crippen LogP contribution in [-0.4, -0.2) is 54.8 Å². The number of imidazole rings is 1. The molecule has 0 aliphatic rings. The molecule has 1 aromatic heterocycles. The summed E-state index contributed by atoms with van der Waals surface area (Å²) in [5.74, 6) is 1.05. The average molecular weight is 240 g/mol. The molecule has 0 aliphatic heterocycles. The van der Waals surface area contributed by atoms with E-state index in [2.05, 4.69) is 22.1 Å². The van der Waals surface area contributed by atoms with Crippen molar-refractivity contribution in [3.8, 4) is 0 Å².